The van der Waals surface area contributed by atoms with Crippen LogP contribution < -0.4 is 15.1 Å². The normalized spacial score (nSPS) is 10.9. The van der Waals surface area contributed by atoms with Crippen molar-refractivity contribution in [2.75, 3.05) is 0 Å². The molecule has 0 spiro atoms. The second-order valence-electron chi connectivity index (χ2n) is 7.92. The lowest BCUT2D eigenvalue weighted by Gasteiger charge is -2.16. The van der Waals surface area contributed by atoms with Crippen LogP contribution in [0.3, 0.4) is 0 Å². The minimum atomic E-state index is -0.505. The van der Waals surface area contributed by atoms with Crippen molar-refractivity contribution in [2.45, 2.75) is 13.2 Å². The molecule has 0 aliphatic rings. The topological polar surface area (TPSA) is 48.7 Å². The first-order valence-corrected chi connectivity index (χ1v) is 11.0. The number of hydrogen-bond acceptors (Lipinski definition) is 4. The monoisotopic (exact) mass is 470 g/mol. The minimum Gasteiger partial charge on any atom is -0.489 e. The molecule has 0 bridgehead atoms. The van der Waals surface area contributed by atoms with Gasteiger partial charge in [-0.1, -0.05) is 42.5 Å². The quantitative estimate of drug-likeness (QED) is 0.243. The van der Waals surface area contributed by atoms with Crippen molar-refractivity contribution < 1.29 is 22.7 Å². The van der Waals surface area contributed by atoms with Crippen LogP contribution in [0.4, 0.5) is 8.78 Å². The first-order chi connectivity index (χ1) is 17.1. The van der Waals surface area contributed by atoms with E-state index in [9.17, 15) is 13.6 Å². The highest BCUT2D eigenvalue weighted by Crippen LogP contribution is 2.34. The lowest BCUT2D eigenvalue weighted by Crippen LogP contribution is -2.06. The van der Waals surface area contributed by atoms with Gasteiger partial charge in [-0.15, -0.1) is 0 Å². The molecule has 0 unspecified atom stereocenters. The largest absolute Gasteiger partial charge is 0.489 e. The van der Waals surface area contributed by atoms with Gasteiger partial charge in [0.25, 0.3) is 0 Å². The fourth-order valence-corrected chi connectivity index (χ4v) is 3.82. The van der Waals surface area contributed by atoms with Crippen molar-refractivity contribution in [3.63, 3.8) is 0 Å². The number of ether oxygens (including phenoxy) is 2. The predicted molar refractivity (Wildman–Crippen MR) is 129 cm³/mol. The molecule has 0 aliphatic carbocycles. The number of fused-ring (bicyclic) bond motifs is 1. The van der Waals surface area contributed by atoms with Gasteiger partial charge in [0, 0.05) is 11.5 Å². The number of halogens is 2. The SMILES string of the molecule is O=c1cc(-c2ccccc2)c2ccc(OCc3ccc(F)cc3)c(COc3ccc(F)cc3)c2o1. The predicted octanol–water partition coefficient (Wildman–Crippen LogP) is 6.90. The van der Waals surface area contributed by atoms with Gasteiger partial charge in [0.15, 0.2) is 0 Å². The van der Waals surface area contributed by atoms with Crippen LogP contribution in [0.15, 0.2) is 106 Å². The second kappa shape index (κ2) is 9.81. The Kier molecular flexibility index (Phi) is 6.26. The fraction of sp³-hybridized carbons (Fsp3) is 0.0690. The smallest absolute Gasteiger partial charge is 0.336 e. The van der Waals surface area contributed by atoms with Gasteiger partial charge in [0.2, 0.25) is 0 Å². The average Bonchev–Trinajstić information content (AvgIpc) is 2.88. The van der Waals surface area contributed by atoms with Crippen LogP contribution in [0.2, 0.25) is 0 Å². The molecule has 0 N–H and O–H groups in total. The van der Waals surface area contributed by atoms with E-state index in [2.05, 4.69) is 0 Å². The van der Waals surface area contributed by atoms with Crippen LogP contribution in [0.1, 0.15) is 11.1 Å². The molecule has 4 nitrogen and oxygen atoms in total. The third-order valence-corrected chi connectivity index (χ3v) is 5.56. The van der Waals surface area contributed by atoms with E-state index in [1.165, 1.54) is 42.5 Å². The van der Waals surface area contributed by atoms with Crippen molar-refractivity contribution in [2.24, 2.45) is 0 Å². The van der Waals surface area contributed by atoms with Crippen LogP contribution in [-0.4, -0.2) is 0 Å². The lowest BCUT2D eigenvalue weighted by atomic mass is 10.00. The Morgan fingerprint density at radius 2 is 1.40 bits per heavy atom. The van der Waals surface area contributed by atoms with Crippen LogP contribution >= 0.6 is 0 Å². The van der Waals surface area contributed by atoms with Crippen molar-refractivity contribution in [1.29, 1.82) is 0 Å². The van der Waals surface area contributed by atoms with Gasteiger partial charge in [-0.2, -0.15) is 0 Å². The summed E-state index contributed by atoms with van der Waals surface area (Å²) >= 11 is 0. The van der Waals surface area contributed by atoms with Crippen molar-refractivity contribution in [3.8, 4) is 22.6 Å². The summed E-state index contributed by atoms with van der Waals surface area (Å²) in [6.45, 7) is 0.195. The average molecular weight is 470 g/mol. The molecule has 6 heteroatoms. The third-order valence-electron chi connectivity index (χ3n) is 5.56. The molecule has 1 heterocycles. The fourth-order valence-electron chi connectivity index (χ4n) is 3.82. The summed E-state index contributed by atoms with van der Waals surface area (Å²) in [5.41, 5.74) is 2.74. The van der Waals surface area contributed by atoms with Gasteiger partial charge in [0.1, 0.15) is 41.9 Å². The molecule has 0 atom stereocenters. The number of rotatable bonds is 7. The minimum absolute atomic E-state index is 0.0168. The first kappa shape index (κ1) is 22.3. The molecule has 0 amide bonds. The Morgan fingerprint density at radius 3 is 2.11 bits per heavy atom. The van der Waals surface area contributed by atoms with Gasteiger partial charge in [-0.3, -0.25) is 0 Å². The molecular formula is C29H20F2O4. The molecular weight excluding hydrogens is 450 g/mol. The first-order valence-electron chi connectivity index (χ1n) is 11.0. The molecule has 0 radical (unpaired) electrons. The Labute approximate surface area is 200 Å². The Hall–Kier alpha value is -4.45. The van der Waals surface area contributed by atoms with Gasteiger partial charge >= 0.3 is 5.63 Å². The highest BCUT2D eigenvalue weighted by atomic mass is 19.1. The van der Waals surface area contributed by atoms with Gasteiger partial charge < -0.3 is 13.9 Å². The molecule has 0 fully saturated rings. The van der Waals surface area contributed by atoms with Crippen LogP contribution in [-0.2, 0) is 13.2 Å². The molecule has 0 saturated carbocycles. The summed E-state index contributed by atoms with van der Waals surface area (Å²) < 4.78 is 44.2. The van der Waals surface area contributed by atoms with Crippen LogP contribution in [0.5, 0.6) is 11.5 Å². The van der Waals surface area contributed by atoms with Gasteiger partial charge in [-0.05, 0) is 65.2 Å². The Bertz CT molecular complexity index is 1510. The molecule has 5 rings (SSSR count). The zero-order valence-electron chi connectivity index (χ0n) is 18.5. The van der Waals surface area contributed by atoms with E-state index in [0.29, 0.717) is 22.6 Å². The van der Waals surface area contributed by atoms with E-state index < -0.39 is 5.63 Å². The molecule has 35 heavy (non-hydrogen) atoms. The van der Waals surface area contributed by atoms with E-state index in [4.69, 9.17) is 13.9 Å². The zero-order valence-corrected chi connectivity index (χ0v) is 18.5. The molecule has 5 aromatic rings. The number of hydrogen-bond donors (Lipinski definition) is 0. The van der Waals surface area contributed by atoms with E-state index in [1.54, 1.807) is 18.2 Å². The van der Waals surface area contributed by atoms with Crippen molar-refractivity contribution in [3.05, 3.63) is 130 Å². The summed E-state index contributed by atoms with van der Waals surface area (Å²) in [4.78, 5) is 12.5. The Balaban J connectivity index is 1.57. The maximum Gasteiger partial charge on any atom is 0.336 e. The van der Waals surface area contributed by atoms with Crippen LogP contribution in [0.25, 0.3) is 22.1 Å². The van der Waals surface area contributed by atoms with E-state index >= 15 is 0 Å². The summed E-state index contributed by atoms with van der Waals surface area (Å²) in [5.74, 6) is 0.208. The second-order valence-corrected chi connectivity index (χ2v) is 7.92. The lowest BCUT2D eigenvalue weighted by molar-refractivity contribution is 0.273. The van der Waals surface area contributed by atoms with Crippen molar-refractivity contribution >= 4 is 11.0 Å². The molecule has 4 aromatic carbocycles. The van der Waals surface area contributed by atoms with Crippen molar-refractivity contribution in [1.82, 2.24) is 0 Å². The Morgan fingerprint density at radius 1 is 0.714 bits per heavy atom. The summed E-state index contributed by atoms with van der Waals surface area (Å²) in [5, 5.41) is 0.725. The maximum atomic E-state index is 13.3. The summed E-state index contributed by atoms with van der Waals surface area (Å²) in [6.07, 6.45) is 0. The van der Waals surface area contributed by atoms with Gasteiger partial charge in [-0.25, -0.2) is 13.6 Å². The molecule has 0 saturated heterocycles. The third kappa shape index (κ3) is 5.06. The van der Waals surface area contributed by atoms with Gasteiger partial charge in [0.05, 0.1) is 5.56 Å². The highest BCUT2D eigenvalue weighted by molar-refractivity contribution is 5.95. The zero-order chi connectivity index (χ0) is 24.2. The van der Waals surface area contributed by atoms with E-state index in [0.717, 1.165) is 22.1 Å². The summed E-state index contributed by atoms with van der Waals surface area (Å²) in [6, 6.07) is 26.3. The highest BCUT2D eigenvalue weighted by Gasteiger charge is 2.17. The van der Waals surface area contributed by atoms with Crippen LogP contribution in [0, 0.1) is 11.6 Å². The maximum absolute atomic E-state index is 13.3. The van der Waals surface area contributed by atoms with E-state index in [-0.39, 0.29) is 24.8 Å². The number of benzene rings is 4. The molecule has 1 aromatic heterocycles. The standard InChI is InChI=1S/C29H20F2O4/c30-21-8-6-19(7-9-21)17-34-27-15-14-24-25(20-4-2-1-3-5-20)16-28(32)35-29(24)26(27)18-33-23-12-10-22(31)11-13-23/h1-16H,17-18H2. The molecule has 0 aliphatic heterocycles. The summed E-state index contributed by atoms with van der Waals surface area (Å²) in [7, 11) is 0. The molecule has 174 valence electrons. The van der Waals surface area contributed by atoms with E-state index in [1.807, 2.05) is 36.4 Å².